The summed E-state index contributed by atoms with van der Waals surface area (Å²) in [6, 6.07) is 58.5. The molecule has 0 atom stereocenters. The van der Waals surface area contributed by atoms with Gasteiger partial charge in [-0.15, -0.1) is 0 Å². The van der Waals surface area contributed by atoms with Gasteiger partial charge in [0.2, 0.25) is 0 Å². The Morgan fingerprint density at radius 3 is 1.62 bits per heavy atom. The van der Waals surface area contributed by atoms with Gasteiger partial charge in [0, 0.05) is 38.2 Å². The second kappa shape index (κ2) is 13.1. The number of furan rings is 1. The van der Waals surface area contributed by atoms with Crippen molar-refractivity contribution < 1.29 is 4.42 Å². The molecular formula is C47H36N4O. The minimum absolute atomic E-state index is 0. The van der Waals surface area contributed by atoms with Crippen molar-refractivity contribution in [3.05, 3.63) is 170 Å². The molecule has 250 valence electrons. The van der Waals surface area contributed by atoms with Gasteiger partial charge in [-0.25, -0.2) is 15.0 Å². The SMILES string of the molecule is C.C.c1ccc(-c2ccc(-n3c4ccccc4c4ccc5c6ccccc6oc5c43)c(-c3nc(-c4ccccc4)nc(-c4ccccc4)n3)c2)cc1. The van der Waals surface area contributed by atoms with E-state index in [0.717, 1.165) is 77.2 Å². The quantitative estimate of drug-likeness (QED) is 0.183. The van der Waals surface area contributed by atoms with Gasteiger partial charge in [-0.1, -0.05) is 154 Å². The number of benzene rings is 7. The van der Waals surface area contributed by atoms with Crippen LogP contribution in [0, 0.1) is 0 Å². The third kappa shape index (κ3) is 5.22. The summed E-state index contributed by atoms with van der Waals surface area (Å²) in [5, 5.41) is 4.44. The Morgan fingerprint density at radius 1 is 0.404 bits per heavy atom. The maximum absolute atomic E-state index is 6.69. The first kappa shape index (κ1) is 32.4. The molecule has 0 fully saturated rings. The maximum Gasteiger partial charge on any atom is 0.166 e. The Kier molecular flexibility index (Phi) is 8.17. The summed E-state index contributed by atoms with van der Waals surface area (Å²) >= 11 is 0. The second-order valence-electron chi connectivity index (χ2n) is 12.4. The summed E-state index contributed by atoms with van der Waals surface area (Å²) in [6.45, 7) is 0. The lowest BCUT2D eigenvalue weighted by atomic mass is 10.0. The topological polar surface area (TPSA) is 56.7 Å². The van der Waals surface area contributed by atoms with E-state index in [1.165, 1.54) is 0 Å². The van der Waals surface area contributed by atoms with E-state index in [9.17, 15) is 0 Å². The molecule has 0 saturated carbocycles. The van der Waals surface area contributed by atoms with E-state index in [4.69, 9.17) is 19.4 Å². The van der Waals surface area contributed by atoms with E-state index < -0.39 is 0 Å². The van der Waals surface area contributed by atoms with Crippen molar-refractivity contribution in [1.82, 2.24) is 19.5 Å². The fourth-order valence-electron chi connectivity index (χ4n) is 7.13. The van der Waals surface area contributed by atoms with Crippen molar-refractivity contribution >= 4 is 43.7 Å². The van der Waals surface area contributed by atoms with Gasteiger partial charge in [-0.3, -0.25) is 0 Å². The molecule has 3 heterocycles. The summed E-state index contributed by atoms with van der Waals surface area (Å²) in [4.78, 5) is 15.4. The molecule has 7 aromatic carbocycles. The van der Waals surface area contributed by atoms with Crippen LogP contribution < -0.4 is 0 Å². The molecule has 52 heavy (non-hydrogen) atoms. The van der Waals surface area contributed by atoms with E-state index in [1.54, 1.807) is 0 Å². The second-order valence-corrected chi connectivity index (χ2v) is 12.4. The zero-order valence-electron chi connectivity index (χ0n) is 26.9. The number of para-hydroxylation sites is 2. The van der Waals surface area contributed by atoms with Gasteiger partial charge < -0.3 is 8.98 Å². The molecule has 10 aromatic rings. The lowest BCUT2D eigenvalue weighted by Gasteiger charge is -2.16. The van der Waals surface area contributed by atoms with Crippen LogP contribution in [0.4, 0.5) is 0 Å². The predicted molar refractivity (Wildman–Crippen MR) is 217 cm³/mol. The smallest absolute Gasteiger partial charge is 0.166 e. The molecule has 0 spiro atoms. The standard InChI is InChI=1S/C45H28N4O.2CH4/c1-4-14-29(15-5-1)32-24-27-39(37(28-32)45-47-43(30-16-6-2-7-17-30)46-44(48-45)31-18-8-3-9-19-31)49-38-22-12-10-20-33(38)35-25-26-36-34-21-11-13-23-40(34)50-42(36)41(35)49;;/h1-28H;2*1H4. The molecule has 0 aliphatic carbocycles. The molecule has 0 saturated heterocycles. The summed E-state index contributed by atoms with van der Waals surface area (Å²) in [6.07, 6.45) is 0. The van der Waals surface area contributed by atoms with Crippen LogP contribution in [0.3, 0.4) is 0 Å². The predicted octanol–water partition coefficient (Wildman–Crippen LogP) is 12.8. The van der Waals surface area contributed by atoms with Gasteiger partial charge in [0.1, 0.15) is 5.58 Å². The molecule has 10 rings (SSSR count). The highest BCUT2D eigenvalue weighted by atomic mass is 16.3. The normalized spacial score (nSPS) is 11.2. The van der Waals surface area contributed by atoms with Crippen LogP contribution in [0.25, 0.3) is 94.7 Å². The van der Waals surface area contributed by atoms with Crippen molar-refractivity contribution in [3.8, 4) is 51.0 Å². The Balaban J connectivity index is 0.00000193. The lowest BCUT2D eigenvalue weighted by Crippen LogP contribution is -2.04. The van der Waals surface area contributed by atoms with Crippen molar-refractivity contribution in [3.63, 3.8) is 0 Å². The molecule has 0 aliphatic heterocycles. The molecule has 0 unspecified atom stereocenters. The van der Waals surface area contributed by atoms with Gasteiger partial charge in [-0.2, -0.15) is 0 Å². The van der Waals surface area contributed by atoms with Crippen molar-refractivity contribution in [2.75, 3.05) is 0 Å². The maximum atomic E-state index is 6.69. The van der Waals surface area contributed by atoms with Gasteiger partial charge in [0.15, 0.2) is 23.1 Å². The van der Waals surface area contributed by atoms with Crippen molar-refractivity contribution in [1.29, 1.82) is 0 Å². The fraction of sp³-hybridized carbons (Fsp3) is 0.0426. The molecule has 0 aliphatic rings. The van der Waals surface area contributed by atoms with Gasteiger partial charge >= 0.3 is 0 Å². The van der Waals surface area contributed by atoms with Crippen molar-refractivity contribution in [2.24, 2.45) is 0 Å². The highest BCUT2D eigenvalue weighted by Crippen LogP contribution is 2.42. The summed E-state index contributed by atoms with van der Waals surface area (Å²) in [5.74, 6) is 1.83. The molecule has 3 aromatic heterocycles. The molecular weight excluding hydrogens is 637 g/mol. The van der Waals surface area contributed by atoms with E-state index >= 15 is 0 Å². The molecule has 0 N–H and O–H groups in total. The Hall–Kier alpha value is -6.85. The van der Waals surface area contributed by atoms with Crippen LogP contribution in [0.15, 0.2) is 174 Å². The van der Waals surface area contributed by atoms with Crippen LogP contribution in [0.1, 0.15) is 14.9 Å². The first-order valence-electron chi connectivity index (χ1n) is 16.7. The highest BCUT2D eigenvalue weighted by molar-refractivity contribution is 6.21. The summed E-state index contributed by atoms with van der Waals surface area (Å²) in [5.41, 5.74) is 9.67. The Bertz CT molecular complexity index is 2800. The zero-order valence-corrected chi connectivity index (χ0v) is 26.9. The fourth-order valence-corrected chi connectivity index (χ4v) is 7.13. The third-order valence-electron chi connectivity index (χ3n) is 9.46. The minimum atomic E-state index is 0. The average Bonchev–Trinajstić information content (AvgIpc) is 3.75. The Morgan fingerprint density at radius 2 is 0.942 bits per heavy atom. The summed E-state index contributed by atoms with van der Waals surface area (Å²) < 4.78 is 9.01. The monoisotopic (exact) mass is 672 g/mol. The minimum Gasteiger partial charge on any atom is -0.454 e. The van der Waals surface area contributed by atoms with Gasteiger partial charge in [-0.05, 0) is 41.5 Å². The average molecular weight is 673 g/mol. The van der Waals surface area contributed by atoms with Crippen LogP contribution >= 0.6 is 0 Å². The molecule has 5 nitrogen and oxygen atoms in total. The molecule has 0 bridgehead atoms. The first-order chi connectivity index (χ1) is 24.8. The number of hydrogen-bond donors (Lipinski definition) is 0. The number of hydrogen-bond acceptors (Lipinski definition) is 4. The molecule has 5 heteroatoms. The lowest BCUT2D eigenvalue weighted by molar-refractivity contribution is 0.671. The third-order valence-corrected chi connectivity index (χ3v) is 9.46. The zero-order chi connectivity index (χ0) is 33.0. The largest absolute Gasteiger partial charge is 0.454 e. The van der Waals surface area contributed by atoms with Crippen molar-refractivity contribution in [2.45, 2.75) is 14.9 Å². The highest BCUT2D eigenvalue weighted by Gasteiger charge is 2.23. The summed E-state index contributed by atoms with van der Waals surface area (Å²) in [7, 11) is 0. The van der Waals surface area contributed by atoms with E-state index in [0.29, 0.717) is 17.5 Å². The number of nitrogens with zero attached hydrogens (tertiary/aromatic N) is 4. The van der Waals surface area contributed by atoms with E-state index in [2.05, 4.69) is 95.6 Å². The number of aromatic nitrogens is 4. The van der Waals surface area contributed by atoms with E-state index in [1.807, 2.05) is 78.9 Å². The van der Waals surface area contributed by atoms with Gasteiger partial charge in [0.05, 0.1) is 16.7 Å². The number of rotatable bonds is 5. The van der Waals surface area contributed by atoms with E-state index in [-0.39, 0.29) is 14.9 Å². The first-order valence-corrected chi connectivity index (χ1v) is 16.7. The Labute approximate surface area is 302 Å². The van der Waals surface area contributed by atoms with Crippen LogP contribution in [-0.2, 0) is 0 Å². The van der Waals surface area contributed by atoms with Gasteiger partial charge in [0.25, 0.3) is 0 Å². The van der Waals surface area contributed by atoms with Crippen LogP contribution in [-0.4, -0.2) is 19.5 Å². The molecule has 0 amide bonds. The van der Waals surface area contributed by atoms with Crippen LogP contribution in [0.5, 0.6) is 0 Å². The number of fused-ring (bicyclic) bond motifs is 7. The molecule has 0 radical (unpaired) electrons. The van der Waals surface area contributed by atoms with Crippen LogP contribution in [0.2, 0.25) is 0 Å².